The van der Waals surface area contributed by atoms with Gasteiger partial charge in [-0.2, -0.15) is 0 Å². The zero-order valence-corrected chi connectivity index (χ0v) is 13.6. The Morgan fingerprint density at radius 2 is 1.75 bits per heavy atom. The van der Waals surface area contributed by atoms with Crippen LogP contribution in [0.5, 0.6) is 0 Å². The minimum Gasteiger partial charge on any atom is -0.444 e. The van der Waals surface area contributed by atoms with Crippen LogP contribution in [0.2, 0.25) is 0 Å². The number of likely N-dealkylation sites (N-methyl/N-ethyl adjacent to an activating group) is 1. The molecule has 0 aromatic rings. The molecule has 2 amide bonds. The fourth-order valence-corrected chi connectivity index (χ4v) is 1.52. The number of nitrogens with zero attached hydrogens (tertiary/aromatic N) is 1. The Morgan fingerprint density at radius 1 is 1.20 bits per heavy atom. The summed E-state index contributed by atoms with van der Waals surface area (Å²) in [5.74, 6) is 0.151. The van der Waals surface area contributed by atoms with E-state index < -0.39 is 17.7 Å². The Hall–Kier alpha value is -1.30. The van der Waals surface area contributed by atoms with E-state index in [1.165, 1.54) is 14.2 Å². The molecule has 0 radical (unpaired) electrons. The first-order valence-corrected chi connectivity index (χ1v) is 6.88. The lowest BCUT2D eigenvalue weighted by Gasteiger charge is -2.25. The van der Waals surface area contributed by atoms with Gasteiger partial charge in [0.05, 0.1) is 7.11 Å². The second-order valence-corrected chi connectivity index (χ2v) is 6.19. The number of rotatable bonds is 6. The lowest BCUT2D eigenvalue weighted by atomic mass is 10.0. The van der Waals surface area contributed by atoms with Gasteiger partial charge in [0, 0.05) is 7.05 Å². The van der Waals surface area contributed by atoms with Gasteiger partial charge < -0.3 is 10.1 Å². The monoisotopic (exact) mass is 288 g/mol. The van der Waals surface area contributed by atoms with Crippen molar-refractivity contribution in [1.82, 2.24) is 10.4 Å². The first-order valence-electron chi connectivity index (χ1n) is 6.88. The number of hydrogen-bond donors (Lipinski definition) is 1. The van der Waals surface area contributed by atoms with Crippen LogP contribution >= 0.6 is 0 Å². The minimum absolute atomic E-state index is 0.293. The minimum atomic E-state index is -0.641. The Balaban J connectivity index is 4.68. The first kappa shape index (κ1) is 18.7. The summed E-state index contributed by atoms with van der Waals surface area (Å²) in [4.78, 5) is 28.8. The molecule has 0 spiro atoms. The predicted octanol–water partition coefficient (Wildman–Crippen LogP) is 2.34. The van der Waals surface area contributed by atoms with Crippen molar-refractivity contribution in [3.05, 3.63) is 0 Å². The summed E-state index contributed by atoms with van der Waals surface area (Å²) in [5, 5.41) is 3.73. The molecule has 20 heavy (non-hydrogen) atoms. The van der Waals surface area contributed by atoms with Crippen LogP contribution in [0, 0.1) is 5.92 Å². The van der Waals surface area contributed by atoms with Crippen molar-refractivity contribution >= 4 is 12.0 Å². The van der Waals surface area contributed by atoms with Crippen LogP contribution in [0.15, 0.2) is 0 Å². The van der Waals surface area contributed by atoms with Crippen molar-refractivity contribution in [3.8, 4) is 0 Å². The van der Waals surface area contributed by atoms with E-state index in [0.717, 1.165) is 11.5 Å². The molecule has 0 aromatic heterocycles. The molecule has 1 N–H and O–H groups in total. The molecule has 0 aromatic carbocycles. The van der Waals surface area contributed by atoms with Crippen LogP contribution in [0.1, 0.15) is 47.5 Å². The zero-order valence-electron chi connectivity index (χ0n) is 13.6. The second-order valence-electron chi connectivity index (χ2n) is 6.19. The molecular weight excluding hydrogens is 260 g/mol. The molecule has 0 saturated carbocycles. The summed E-state index contributed by atoms with van der Waals surface area (Å²) in [6.45, 7) is 9.46. The second kappa shape index (κ2) is 8.09. The van der Waals surface area contributed by atoms with Crippen molar-refractivity contribution < 1.29 is 19.2 Å². The molecule has 0 rings (SSSR count). The molecular formula is C14H28N2O4. The predicted molar refractivity (Wildman–Crippen MR) is 77.0 cm³/mol. The average molecular weight is 288 g/mol. The average Bonchev–Trinajstić information content (AvgIpc) is 2.29. The van der Waals surface area contributed by atoms with Crippen LogP contribution < -0.4 is 5.32 Å². The van der Waals surface area contributed by atoms with Gasteiger partial charge >= 0.3 is 6.09 Å². The van der Waals surface area contributed by atoms with Crippen molar-refractivity contribution in [2.75, 3.05) is 14.2 Å². The largest absolute Gasteiger partial charge is 0.444 e. The van der Waals surface area contributed by atoms with E-state index in [4.69, 9.17) is 9.57 Å². The maximum absolute atomic E-state index is 12.1. The molecule has 0 bridgehead atoms. The van der Waals surface area contributed by atoms with E-state index in [0.29, 0.717) is 12.3 Å². The molecule has 0 aliphatic carbocycles. The molecule has 0 fully saturated rings. The van der Waals surface area contributed by atoms with Crippen molar-refractivity contribution in [3.63, 3.8) is 0 Å². The van der Waals surface area contributed by atoms with Gasteiger partial charge in [-0.25, -0.2) is 9.86 Å². The number of nitrogens with one attached hydrogen (secondary N) is 1. The number of carbonyl (C=O) groups is 2. The highest BCUT2D eigenvalue weighted by Gasteiger charge is 2.26. The molecule has 1 atom stereocenters. The number of alkyl carbamates (subject to hydrolysis) is 1. The molecule has 1 unspecified atom stereocenters. The molecule has 6 nitrogen and oxygen atoms in total. The molecule has 6 heteroatoms. The Bertz CT molecular complexity index is 324. The summed E-state index contributed by atoms with van der Waals surface area (Å²) < 4.78 is 5.18. The number of hydroxylamine groups is 2. The van der Waals surface area contributed by atoms with E-state index in [1.54, 1.807) is 20.8 Å². The summed E-state index contributed by atoms with van der Waals surface area (Å²) in [5.41, 5.74) is -0.594. The molecule has 0 aliphatic heterocycles. The Morgan fingerprint density at radius 3 is 2.15 bits per heavy atom. The quantitative estimate of drug-likeness (QED) is 0.762. The molecule has 118 valence electrons. The number of ether oxygens (including phenoxy) is 1. The van der Waals surface area contributed by atoms with Crippen molar-refractivity contribution in [1.29, 1.82) is 0 Å². The summed E-state index contributed by atoms with van der Waals surface area (Å²) in [7, 11) is 2.92. The highest BCUT2D eigenvalue weighted by atomic mass is 16.7. The topological polar surface area (TPSA) is 67.9 Å². The van der Waals surface area contributed by atoms with Crippen LogP contribution in [-0.2, 0) is 14.4 Å². The summed E-state index contributed by atoms with van der Waals surface area (Å²) in [6, 6.07) is -0.641. The Kier molecular flexibility index (Phi) is 7.57. The van der Waals surface area contributed by atoms with Gasteiger partial charge in [-0.1, -0.05) is 13.8 Å². The highest BCUT2D eigenvalue weighted by molar-refractivity contribution is 5.84. The number of carbonyl (C=O) groups excluding carboxylic acids is 2. The lowest BCUT2D eigenvalue weighted by molar-refractivity contribution is -0.171. The van der Waals surface area contributed by atoms with Gasteiger partial charge in [0.15, 0.2) is 0 Å². The van der Waals surface area contributed by atoms with E-state index in [9.17, 15) is 9.59 Å². The van der Waals surface area contributed by atoms with Gasteiger partial charge in [-0.05, 0) is 39.5 Å². The fourth-order valence-electron chi connectivity index (χ4n) is 1.52. The van der Waals surface area contributed by atoms with Crippen molar-refractivity contribution in [2.24, 2.45) is 5.92 Å². The maximum atomic E-state index is 12.1. The van der Waals surface area contributed by atoms with Crippen LogP contribution in [0.3, 0.4) is 0 Å². The lowest BCUT2D eigenvalue weighted by Crippen LogP contribution is -2.48. The van der Waals surface area contributed by atoms with Crippen LogP contribution in [0.25, 0.3) is 0 Å². The Labute approximate surface area is 121 Å². The SMILES string of the molecule is CON(C)C(=O)C(CCC(C)C)NC(=O)OC(C)(C)C. The normalized spacial score (nSPS) is 13.0. The number of hydrogen-bond acceptors (Lipinski definition) is 4. The van der Waals surface area contributed by atoms with Gasteiger partial charge in [0.2, 0.25) is 0 Å². The first-order chi connectivity index (χ1) is 9.06. The third-order valence-electron chi connectivity index (χ3n) is 2.61. The van der Waals surface area contributed by atoms with Gasteiger partial charge in [0.1, 0.15) is 11.6 Å². The fraction of sp³-hybridized carbons (Fsp3) is 0.857. The molecule has 0 aliphatic rings. The highest BCUT2D eigenvalue weighted by Crippen LogP contribution is 2.11. The van der Waals surface area contributed by atoms with Gasteiger partial charge in [-0.3, -0.25) is 9.63 Å². The van der Waals surface area contributed by atoms with E-state index in [1.807, 2.05) is 0 Å². The summed E-state index contributed by atoms with van der Waals surface area (Å²) in [6.07, 6.45) is 0.775. The summed E-state index contributed by atoms with van der Waals surface area (Å²) >= 11 is 0. The van der Waals surface area contributed by atoms with Crippen molar-refractivity contribution in [2.45, 2.75) is 59.1 Å². The van der Waals surface area contributed by atoms with E-state index in [2.05, 4.69) is 19.2 Å². The number of amides is 2. The standard InChI is InChI=1S/C14H28N2O4/c1-10(2)8-9-11(12(17)16(6)19-7)15-13(18)20-14(3,4)5/h10-11H,8-9H2,1-7H3,(H,15,18). The molecule has 0 saturated heterocycles. The van der Waals surface area contributed by atoms with Crippen LogP contribution in [-0.4, -0.2) is 42.9 Å². The third kappa shape index (κ3) is 7.99. The maximum Gasteiger partial charge on any atom is 0.408 e. The van der Waals surface area contributed by atoms with Gasteiger partial charge in [-0.15, -0.1) is 0 Å². The van der Waals surface area contributed by atoms with E-state index in [-0.39, 0.29) is 5.91 Å². The smallest absolute Gasteiger partial charge is 0.408 e. The molecule has 0 heterocycles. The third-order valence-corrected chi connectivity index (χ3v) is 2.61. The zero-order chi connectivity index (χ0) is 15.9. The van der Waals surface area contributed by atoms with E-state index >= 15 is 0 Å². The van der Waals surface area contributed by atoms with Crippen LogP contribution in [0.4, 0.5) is 4.79 Å². The van der Waals surface area contributed by atoms with Gasteiger partial charge in [0.25, 0.3) is 5.91 Å².